The van der Waals surface area contributed by atoms with Crippen LogP contribution in [0.5, 0.6) is 5.75 Å². The minimum atomic E-state index is -1.33. The van der Waals surface area contributed by atoms with E-state index < -0.39 is 28.4 Å². The number of alkyl halides is 1. The zero-order valence-corrected chi connectivity index (χ0v) is 11.8. The summed E-state index contributed by atoms with van der Waals surface area (Å²) in [5.74, 6) is -2.51. The average molecular weight is 321 g/mol. The van der Waals surface area contributed by atoms with Gasteiger partial charge in [-0.3, -0.25) is 0 Å². The summed E-state index contributed by atoms with van der Waals surface area (Å²) >= 11 is 11.7. The molecular weight excluding hydrogens is 312 g/mol. The molecule has 0 aromatic heterocycles. The van der Waals surface area contributed by atoms with Gasteiger partial charge in [-0.25, -0.2) is 13.2 Å². The van der Waals surface area contributed by atoms with E-state index in [-0.39, 0.29) is 16.3 Å². The van der Waals surface area contributed by atoms with Gasteiger partial charge < -0.3 is 4.74 Å². The zero-order chi connectivity index (χ0) is 14.9. The quantitative estimate of drug-likeness (QED) is 0.715. The highest BCUT2D eigenvalue weighted by molar-refractivity contribution is 6.30. The summed E-state index contributed by atoms with van der Waals surface area (Å²) in [6.45, 7) is 0. The van der Waals surface area contributed by atoms with Gasteiger partial charge >= 0.3 is 0 Å². The maximum Gasteiger partial charge on any atom is 0.134 e. The second-order valence-electron chi connectivity index (χ2n) is 4.03. The molecule has 0 amide bonds. The maximum absolute atomic E-state index is 13.9. The fraction of sp³-hybridized carbons (Fsp3) is 0.143. The van der Waals surface area contributed by atoms with E-state index in [4.69, 9.17) is 27.9 Å². The number of hydrogen-bond donors (Lipinski definition) is 0. The van der Waals surface area contributed by atoms with Crippen LogP contribution in [-0.2, 0) is 0 Å². The first-order chi connectivity index (χ1) is 9.43. The summed E-state index contributed by atoms with van der Waals surface area (Å²) in [7, 11) is 1.28. The van der Waals surface area contributed by atoms with Crippen molar-refractivity contribution in [3.8, 4) is 5.75 Å². The first-order valence-corrected chi connectivity index (χ1v) is 6.37. The Bertz CT molecular complexity index is 623. The van der Waals surface area contributed by atoms with Crippen molar-refractivity contribution in [2.45, 2.75) is 5.38 Å². The molecule has 0 bridgehead atoms. The molecule has 20 heavy (non-hydrogen) atoms. The van der Waals surface area contributed by atoms with Crippen LogP contribution in [0.25, 0.3) is 0 Å². The maximum atomic E-state index is 13.9. The van der Waals surface area contributed by atoms with Gasteiger partial charge in [0.2, 0.25) is 0 Å². The fourth-order valence-electron chi connectivity index (χ4n) is 1.79. The minimum Gasteiger partial charge on any atom is -0.497 e. The van der Waals surface area contributed by atoms with Crippen LogP contribution in [0.15, 0.2) is 30.3 Å². The first kappa shape index (κ1) is 15.0. The van der Waals surface area contributed by atoms with E-state index in [2.05, 4.69) is 0 Å². The first-order valence-electron chi connectivity index (χ1n) is 5.56. The van der Waals surface area contributed by atoms with E-state index in [9.17, 15) is 13.2 Å². The monoisotopic (exact) mass is 320 g/mol. The molecule has 2 rings (SSSR count). The van der Waals surface area contributed by atoms with E-state index in [0.717, 1.165) is 18.2 Å². The summed E-state index contributed by atoms with van der Waals surface area (Å²) < 4.78 is 46.3. The molecule has 0 aliphatic heterocycles. The van der Waals surface area contributed by atoms with Crippen LogP contribution in [0, 0.1) is 17.5 Å². The largest absolute Gasteiger partial charge is 0.497 e. The molecular formula is C14H9Cl2F3O. The predicted molar refractivity (Wildman–Crippen MR) is 72.0 cm³/mol. The lowest BCUT2D eigenvalue weighted by molar-refractivity contribution is 0.405. The van der Waals surface area contributed by atoms with Gasteiger partial charge in [-0.15, -0.1) is 11.6 Å². The lowest BCUT2D eigenvalue weighted by Crippen LogP contribution is -2.04. The van der Waals surface area contributed by atoms with Crippen molar-refractivity contribution < 1.29 is 17.9 Å². The van der Waals surface area contributed by atoms with Crippen LogP contribution in [0.1, 0.15) is 16.5 Å². The Morgan fingerprint density at radius 1 is 1.00 bits per heavy atom. The molecule has 1 unspecified atom stereocenters. The van der Waals surface area contributed by atoms with Crippen LogP contribution >= 0.6 is 23.2 Å². The summed E-state index contributed by atoms with van der Waals surface area (Å²) in [6.07, 6.45) is 0. The van der Waals surface area contributed by atoms with Gasteiger partial charge in [0.1, 0.15) is 23.2 Å². The molecule has 6 heteroatoms. The van der Waals surface area contributed by atoms with Gasteiger partial charge in [0.05, 0.1) is 12.5 Å². The molecule has 0 heterocycles. The van der Waals surface area contributed by atoms with Gasteiger partial charge in [0.25, 0.3) is 0 Å². The Balaban J connectivity index is 2.53. The van der Waals surface area contributed by atoms with Crippen molar-refractivity contribution in [3.05, 3.63) is 63.9 Å². The molecule has 106 valence electrons. The van der Waals surface area contributed by atoms with Crippen molar-refractivity contribution in [1.29, 1.82) is 0 Å². The zero-order valence-electron chi connectivity index (χ0n) is 10.3. The third-order valence-electron chi connectivity index (χ3n) is 2.77. The van der Waals surface area contributed by atoms with Gasteiger partial charge in [-0.1, -0.05) is 11.6 Å². The van der Waals surface area contributed by atoms with E-state index in [1.165, 1.54) is 19.2 Å². The molecule has 1 nitrogen and oxygen atoms in total. The Hall–Kier alpha value is -1.39. The molecule has 0 N–H and O–H groups in total. The summed E-state index contributed by atoms with van der Waals surface area (Å²) in [4.78, 5) is 0. The van der Waals surface area contributed by atoms with E-state index >= 15 is 0 Å². The van der Waals surface area contributed by atoms with E-state index in [1.807, 2.05) is 0 Å². The number of benzene rings is 2. The molecule has 0 saturated heterocycles. The average Bonchev–Trinajstić information content (AvgIpc) is 2.40. The van der Waals surface area contributed by atoms with Gasteiger partial charge in [0, 0.05) is 28.3 Å². The molecule has 0 aliphatic carbocycles. The minimum absolute atomic E-state index is 0.0131. The molecule has 0 saturated carbocycles. The van der Waals surface area contributed by atoms with Gasteiger partial charge in [0.15, 0.2) is 0 Å². The Kier molecular flexibility index (Phi) is 4.45. The van der Waals surface area contributed by atoms with E-state index in [1.54, 1.807) is 0 Å². The van der Waals surface area contributed by atoms with Crippen LogP contribution in [-0.4, -0.2) is 7.11 Å². The van der Waals surface area contributed by atoms with Crippen molar-refractivity contribution in [2.24, 2.45) is 0 Å². The predicted octanol–water partition coefficient (Wildman–Crippen LogP) is 5.09. The molecule has 2 aromatic rings. The number of methoxy groups -OCH3 is 1. The van der Waals surface area contributed by atoms with Crippen molar-refractivity contribution in [2.75, 3.05) is 7.11 Å². The Morgan fingerprint density at radius 2 is 1.60 bits per heavy atom. The summed E-state index contributed by atoms with van der Waals surface area (Å²) in [5.41, 5.74) is -0.546. The third-order valence-corrected chi connectivity index (χ3v) is 3.46. The lowest BCUT2D eigenvalue weighted by Gasteiger charge is -2.14. The van der Waals surface area contributed by atoms with Crippen LogP contribution in [0.4, 0.5) is 13.2 Å². The second-order valence-corrected chi connectivity index (χ2v) is 4.91. The SMILES string of the molecule is COc1cc(F)c(C(Cl)c2cc(Cl)ccc2F)c(F)c1. The van der Waals surface area contributed by atoms with E-state index in [0.29, 0.717) is 0 Å². The lowest BCUT2D eigenvalue weighted by atomic mass is 10.0. The molecule has 0 radical (unpaired) electrons. The molecule has 0 spiro atoms. The number of ether oxygens (including phenoxy) is 1. The topological polar surface area (TPSA) is 9.23 Å². The highest BCUT2D eigenvalue weighted by Gasteiger charge is 2.24. The summed E-state index contributed by atoms with van der Waals surface area (Å²) in [6, 6.07) is 5.61. The highest BCUT2D eigenvalue weighted by atomic mass is 35.5. The normalized spacial score (nSPS) is 12.3. The molecule has 1 atom stereocenters. The highest BCUT2D eigenvalue weighted by Crippen LogP contribution is 2.36. The molecule has 0 aliphatic rings. The van der Waals surface area contributed by atoms with Crippen LogP contribution < -0.4 is 4.74 Å². The standard InChI is InChI=1S/C14H9Cl2F3O/c1-20-8-5-11(18)13(12(19)6-8)14(16)9-4-7(15)2-3-10(9)17/h2-6,14H,1H3. The van der Waals surface area contributed by atoms with Crippen LogP contribution in [0.2, 0.25) is 5.02 Å². The summed E-state index contributed by atoms with van der Waals surface area (Å²) in [5, 5.41) is -1.11. The van der Waals surface area contributed by atoms with Crippen LogP contribution in [0.3, 0.4) is 0 Å². The van der Waals surface area contributed by atoms with Gasteiger partial charge in [-0.2, -0.15) is 0 Å². The van der Waals surface area contributed by atoms with Crippen molar-refractivity contribution >= 4 is 23.2 Å². The number of rotatable bonds is 3. The molecule has 2 aromatic carbocycles. The third kappa shape index (κ3) is 2.86. The van der Waals surface area contributed by atoms with Crippen molar-refractivity contribution in [1.82, 2.24) is 0 Å². The smallest absolute Gasteiger partial charge is 0.134 e. The second kappa shape index (κ2) is 5.94. The fourth-order valence-corrected chi connectivity index (χ4v) is 2.34. The Morgan fingerprint density at radius 3 is 2.15 bits per heavy atom. The van der Waals surface area contributed by atoms with Gasteiger partial charge in [-0.05, 0) is 18.2 Å². The van der Waals surface area contributed by atoms with Crippen molar-refractivity contribution in [3.63, 3.8) is 0 Å². The number of halogens is 5. The number of hydrogen-bond acceptors (Lipinski definition) is 1. The Labute approximate surface area is 123 Å². The molecule has 0 fully saturated rings.